The molecular formula is C31H27N5O2S. The van der Waals surface area contributed by atoms with E-state index in [4.69, 9.17) is 4.74 Å². The first-order valence-corrected chi connectivity index (χ1v) is 13.4. The molecule has 0 radical (unpaired) electrons. The molecule has 0 saturated carbocycles. The number of thioether (sulfide) groups is 1. The Labute approximate surface area is 231 Å². The summed E-state index contributed by atoms with van der Waals surface area (Å²) in [5.41, 5.74) is 7.59. The average Bonchev–Trinajstić information content (AvgIpc) is 3.41. The monoisotopic (exact) mass is 533 g/mol. The summed E-state index contributed by atoms with van der Waals surface area (Å²) < 4.78 is 7.78. The van der Waals surface area contributed by atoms with E-state index in [1.807, 2.05) is 121 Å². The van der Waals surface area contributed by atoms with Gasteiger partial charge < -0.3 is 4.74 Å². The second-order valence-corrected chi connectivity index (χ2v) is 9.71. The maximum absolute atomic E-state index is 12.5. The summed E-state index contributed by atoms with van der Waals surface area (Å²) in [6.45, 7) is 2.55. The van der Waals surface area contributed by atoms with E-state index >= 15 is 0 Å². The van der Waals surface area contributed by atoms with Crippen LogP contribution in [0.5, 0.6) is 5.75 Å². The summed E-state index contributed by atoms with van der Waals surface area (Å²) in [6, 6.07) is 35.6. The summed E-state index contributed by atoms with van der Waals surface area (Å²) in [6.07, 6.45) is 1.60. The predicted octanol–water partition coefficient (Wildman–Crippen LogP) is 6.06. The summed E-state index contributed by atoms with van der Waals surface area (Å²) in [7, 11) is 0. The smallest absolute Gasteiger partial charge is 0.250 e. The molecule has 1 aromatic heterocycles. The number of amides is 1. The van der Waals surface area contributed by atoms with Gasteiger partial charge in [0.25, 0.3) is 5.91 Å². The Bertz CT molecular complexity index is 1530. The highest BCUT2D eigenvalue weighted by molar-refractivity contribution is 7.99. The Morgan fingerprint density at radius 2 is 1.59 bits per heavy atom. The number of hydrogen-bond acceptors (Lipinski definition) is 6. The third-order valence-corrected chi connectivity index (χ3v) is 6.75. The molecule has 0 aliphatic heterocycles. The molecule has 8 heteroatoms. The van der Waals surface area contributed by atoms with Crippen LogP contribution >= 0.6 is 11.8 Å². The lowest BCUT2D eigenvalue weighted by atomic mass is 10.1. The number of aromatic nitrogens is 3. The molecule has 7 nitrogen and oxygen atoms in total. The number of nitrogens with zero attached hydrogens (tertiary/aromatic N) is 4. The molecule has 1 amide bonds. The number of hydrogen-bond donors (Lipinski definition) is 1. The van der Waals surface area contributed by atoms with E-state index in [0.29, 0.717) is 11.8 Å². The second kappa shape index (κ2) is 12.7. The fraction of sp³-hybridized carbons (Fsp3) is 0.0968. The third-order valence-electron chi connectivity index (χ3n) is 5.82. The first-order chi connectivity index (χ1) is 19.2. The maximum atomic E-state index is 12.5. The standard InChI is InChI=1S/C31H27N5O2S/c1-23-12-16-26(17-13-23)30-34-35-31(36(30)27-10-6-3-7-11-27)39-22-29(37)33-32-20-24-14-18-28(19-15-24)38-21-25-8-4-2-5-9-25/h2-20H,21-22H2,1H3,(H,33,37)/b32-20+. The Hall–Kier alpha value is -4.69. The van der Waals surface area contributed by atoms with Crippen LogP contribution in [0.25, 0.3) is 17.1 Å². The molecular weight excluding hydrogens is 506 g/mol. The van der Waals surface area contributed by atoms with Crippen molar-refractivity contribution in [2.45, 2.75) is 18.7 Å². The van der Waals surface area contributed by atoms with E-state index in [0.717, 1.165) is 34.0 Å². The van der Waals surface area contributed by atoms with E-state index in [2.05, 4.69) is 20.7 Å². The highest BCUT2D eigenvalue weighted by atomic mass is 32.2. The lowest BCUT2D eigenvalue weighted by Crippen LogP contribution is -2.20. The maximum Gasteiger partial charge on any atom is 0.250 e. The minimum atomic E-state index is -0.237. The van der Waals surface area contributed by atoms with Crippen molar-refractivity contribution in [1.82, 2.24) is 20.2 Å². The number of aryl methyl sites for hydroxylation is 1. The van der Waals surface area contributed by atoms with Crippen LogP contribution < -0.4 is 10.2 Å². The average molecular weight is 534 g/mol. The molecule has 0 fully saturated rings. The molecule has 4 aromatic carbocycles. The van der Waals surface area contributed by atoms with E-state index in [-0.39, 0.29) is 11.7 Å². The van der Waals surface area contributed by atoms with Crippen LogP contribution in [0.1, 0.15) is 16.7 Å². The normalized spacial score (nSPS) is 11.0. The highest BCUT2D eigenvalue weighted by Crippen LogP contribution is 2.28. The van der Waals surface area contributed by atoms with E-state index in [9.17, 15) is 4.79 Å². The van der Waals surface area contributed by atoms with E-state index < -0.39 is 0 Å². The Balaban J connectivity index is 1.18. The molecule has 0 saturated heterocycles. The zero-order valence-corrected chi connectivity index (χ0v) is 22.2. The van der Waals surface area contributed by atoms with Crippen molar-refractivity contribution in [2.75, 3.05) is 5.75 Å². The summed E-state index contributed by atoms with van der Waals surface area (Å²) in [5.74, 6) is 1.39. The fourth-order valence-corrected chi connectivity index (χ4v) is 4.54. The summed E-state index contributed by atoms with van der Waals surface area (Å²) in [4.78, 5) is 12.5. The molecule has 0 aliphatic carbocycles. The van der Waals surface area contributed by atoms with Gasteiger partial charge in [0, 0.05) is 11.3 Å². The van der Waals surface area contributed by atoms with Crippen molar-refractivity contribution in [3.63, 3.8) is 0 Å². The van der Waals surface area contributed by atoms with Gasteiger partial charge in [-0.05, 0) is 54.4 Å². The van der Waals surface area contributed by atoms with E-state index in [1.165, 1.54) is 17.3 Å². The zero-order chi connectivity index (χ0) is 26.9. The molecule has 1 heterocycles. The van der Waals surface area contributed by atoms with Crippen molar-refractivity contribution in [3.05, 3.63) is 126 Å². The number of carbonyl (C=O) groups excluding carboxylic acids is 1. The van der Waals surface area contributed by atoms with Gasteiger partial charge in [0.1, 0.15) is 12.4 Å². The van der Waals surface area contributed by atoms with Gasteiger partial charge in [0.15, 0.2) is 11.0 Å². The third kappa shape index (κ3) is 7.00. The first kappa shape index (κ1) is 25.9. The summed E-state index contributed by atoms with van der Waals surface area (Å²) >= 11 is 1.31. The van der Waals surface area contributed by atoms with Crippen molar-refractivity contribution in [1.29, 1.82) is 0 Å². The van der Waals surface area contributed by atoms with Gasteiger partial charge in [-0.25, -0.2) is 5.43 Å². The molecule has 0 bridgehead atoms. The first-order valence-electron chi connectivity index (χ1n) is 12.4. The van der Waals surface area contributed by atoms with Gasteiger partial charge in [0.2, 0.25) is 0 Å². The fourth-order valence-electron chi connectivity index (χ4n) is 3.80. The molecule has 0 unspecified atom stereocenters. The van der Waals surface area contributed by atoms with Crippen LogP contribution in [-0.2, 0) is 11.4 Å². The number of ether oxygens (including phenoxy) is 1. The van der Waals surface area contributed by atoms with Gasteiger partial charge in [-0.2, -0.15) is 5.10 Å². The molecule has 39 heavy (non-hydrogen) atoms. The molecule has 5 aromatic rings. The van der Waals surface area contributed by atoms with Gasteiger partial charge in [-0.3, -0.25) is 9.36 Å². The van der Waals surface area contributed by atoms with Crippen LogP contribution in [-0.4, -0.2) is 32.6 Å². The number of nitrogens with one attached hydrogen (secondary N) is 1. The van der Waals surface area contributed by atoms with E-state index in [1.54, 1.807) is 6.21 Å². The van der Waals surface area contributed by atoms with Crippen molar-refractivity contribution in [3.8, 4) is 22.8 Å². The summed E-state index contributed by atoms with van der Waals surface area (Å²) in [5, 5.41) is 13.5. The minimum absolute atomic E-state index is 0.141. The zero-order valence-electron chi connectivity index (χ0n) is 21.4. The lowest BCUT2D eigenvalue weighted by Gasteiger charge is -2.10. The molecule has 1 N–H and O–H groups in total. The molecule has 5 rings (SSSR count). The van der Waals surface area contributed by atoms with Gasteiger partial charge >= 0.3 is 0 Å². The number of rotatable bonds is 10. The lowest BCUT2D eigenvalue weighted by molar-refractivity contribution is -0.118. The number of benzene rings is 4. The number of carbonyl (C=O) groups is 1. The molecule has 194 valence electrons. The van der Waals surface area contributed by atoms with Crippen LogP contribution in [0.15, 0.2) is 119 Å². The van der Waals surface area contributed by atoms with Crippen LogP contribution in [0.2, 0.25) is 0 Å². The number of para-hydroxylation sites is 1. The largest absolute Gasteiger partial charge is 0.489 e. The van der Waals surface area contributed by atoms with Crippen molar-refractivity contribution in [2.24, 2.45) is 5.10 Å². The molecule has 0 atom stereocenters. The van der Waals surface area contributed by atoms with Crippen LogP contribution in [0.3, 0.4) is 0 Å². The number of hydrazone groups is 1. The van der Waals surface area contributed by atoms with Gasteiger partial charge in [-0.1, -0.05) is 90.1 Å². The molecule has 0 spiro atoms. The highest BCUT2D eigenvalue weighted by Gasteiger charge is 2.17. The van der Waals surface area contributed by atoms with Crippen molar-refractivity contribution >= 4 is 23.9 Å². The Kier molecular flexibility index (Phi) is 8.45. The predicted molar refractivity (Wildman–Crippen MR) is 155 cm³/mol. The van der Waals surface area contributed by atoms with Gasteiger partial charge in [0.05, 0.1) is 12.0 Å². The van der Waals surface area contributed by atoms with Crippen LogP contribution in [0.4, 0.5) is 0 Å². The minimum Gasteiger partial charge on any atom is -0.489 e. The second-order valence-electron chi connectivity index (χ2n) is 8.77. The van der Waals surface area contributed by atoms with Gasteiger partial charge in [-0.15, -0.1) is 10.2 Å². The topological polar surface area (TPSA) is 81.4 Å². The Morgan fingerprint density at radius 3 is 2.31 bits per heavy atom. The molecule has 0 aliphatic rings. The van der Waals surface area contributed by atoms with Crippen molar-refractivity contribution < 1.29 is 9.53 Å². The SMILES string of the molecule is Cc1ccc(-c2nnc(SCC(=O)N/N=C/c3ccc(OCc4ccccc4)cc3)n2-c2ccccc2)cc1. The van der Waals surface area contributed by atoms with Crippen LogP contribution in [0, 0.1) is 6.92 Å². The Morgan fingerprint density at radius 1 is 0.897 bits per heavy atom. The quantitative estimate of drug-likeness (QED) is 0.134.